The van der Waals surface area contributed by atoms with Gasteiger partial charge in [-0.05, 0) is 29.7 Å². The van der Waals surface area contributed by atoms with Crippen molar-refractivity contribution in [2.24, 2.45) is 5.41 Å². The van der Waals surface area contributed by atoms with E-state index < -0.39 is 34.8 Å². The van der Waals surface area contributed by atoms with Gasteiger partial charge in [0.1, 0.15) is 5.82 Å². The maximum atomic E-state index is 13.3. The van der Waals surface area contributed by atoms with Gasteiger partial charge in [-0.15, -0.1) is 0 Å². The van der Waals surface area contributed by atoms with Crippen molar-refractivity contribution in [3.63, 3.8) is 0 Å². The van der Waals surface area contributed by atoms with Crippen molar-refractivity contribution in [2.75, 3.05) is 0 Å². The van der Waals surface area contributed by atoms with E-state index in [0.717, 1.165) is 22.6 Å². The van der Waals surface area contributed by atoms with Crippen LogP contribution < -0.4 is 0 Å². The molecule has 0 unspecified atom stereocenters. The van der Waals surface area contributed by atoms with Gasteiger partial charge in [-0.2, -0.15) is 13.2 Å². The van der Waals surface area contributed by atoms with Crippen LogP contribution in [0.1, 0.15) is 35.4 Å². The number of halogens is 4. The first-order chi connectivity index (χ1) is 12.7. The van der Waals surface area contributed by atoms with Gasteiger partial charge in [-0.1, -0.05) is 36.4 Å². The lowest BCUT2D eigenvalue weighted by atomic mass is 9.94. The topological polar surface area (TPSA) is 37.4 Å². The van der Waals surface area contributed by atoms with Gasteiger partial charge in [-0.25, -0.2) is 4.39 Å². The molecule has 0 bridgehead atoms. The molecule has 0 N–H and O–H groups in total. The lowest BCUT2D eigenvalue weighted by Gasteiger charge is -2.16. The van der Waals surface area contributed by atoms with Crippen molar-refractivity contribution in [3.8, 4) is 0 Å². The molecule has 2 amide bonds. The summed E-state index contributed by atoms with van der Waals surface area (Å²) in [6, 6.07) is 11.4. The molecule has 1 spiro atoms. The number of hydrogen-bond acceptors (Lipinski definition) is 2. The van der Waals surface area contributed by atoms with Gasteiger partial charge in [0, 0.05) is 12.3 Å². The Morgan fingerprint density at radius 2 is 1.78 bits per heavy atom. The Morgan fingerprint density at radius 3 is 2.44 bits per heavy atom. The third-order valence-corrected chi connectivity index (χ3v) is 5.39. The molecule has 2 aromatic carbocycles. The van der Waals surface area contributed by atoms with E-state index in [2.05, 4.69) is 0 Å². The van der Waals surface area contributed by atoms with Gasteiger partial charge in [0.05, 0.1) is 17.5 Å². The minimum Gasteiger partial charge on any atom is -0.278 e. The molecule has 2 atom stereocenters. The van der Waals surface area contributed by atoms with Crippen molar-refractivity contribution in [1.29, 1.82) is 0 Å². The van der Waals surface area contributed by atoms with Crippen LogP contribution in [0.3, 0.4) is 0 Å². The van der Waals surface area contributed by atoms with E-state index in [1.807, 2.05) is 6.07 Å². The molecular weight excluding hydrogens is 362 g/mol. The molecule has 1 aliphatic carbocycles. The summed E-state index contributed by atoms with van der Waals surface area (Å²) >= 11 is 0. The van der Waals surface area contributed by atoms with E-state index in [1.54, 1.807) is 24.3 Å². The Labute approximate surface area is 152 Å². The maximum Gasteiger partial charge on any atom is 0.416 e. The highest BCUT2D eigenvalue weighted by Gasteiger charge is 2.68. The number of carbonyl (C=O) groups excluding carboxylic acids is 2. The number of hydrogen-bond donors (Lipinski definition) is 0. The monoisotopic (exact) mass is 377 g/mol. The highest BCUT2D eigenvalue weighted by molar-refractivity contribution is 6.08. The van der Waals surface area contributed by atoms with Crippen LogP contribution in [0, 0.1) is 11.2 Å². The van der Waals surface area contributed by atoms with Gasteiger partial charge in [-0.3, -0.25) is 14.5 Å². The van der Waals surface area contributed by atoms with E-state index in [0.29, 0.717) is 6.07 Å². The molecule has 0 aromatic heterocycles. The summed E-state index contributed by atoms with van der Waals surface area (Å²) in [6.07, 6.45) is -4.67. The maximum absolute atomic E-state index is 13.3. The van der Waals surface area contributed by atoms with Gasteiger partial charge in [0.25, 0.3) is 0 Å². The van der Waals surface area contributed by atoms with Gasteiger partial charge >= 0.3 is 6.18 Å². The number of nitrogens with zero attached hydrogens (tertiary/aromatic N) is 1. The number of amides is 2. The normalized spacial score (nSPS) is 24.7. The first kappa shape index (κ1) is 17.7. The summed E-state index contributed by atoms with van der Waals surface area (Å²) in [5.41, 5.74) is -1.56. The lowest BCUT2D eigenvalue weighted by Crippen LogP contribution is -2.31. The Kier molecular flexibility index (Phi) is 3.87. The van der Waals surface area contributed by atoms with Crippen molar-refractivity contribution in [2.45, 2.75) is 31.5 Å². The molecule has 2 aromatic rings. The molecule has 2 aliphatic rings. The molecule has 1 heterocycles. The SMILES string of the molecule is O=C1C[C@]2(C[C@@H]2c2ccc(F)cc2C(F)(F)F)C(=O)N1Cc1ccccc1. The van der Waals surface area contributed by atoms with Crippen molar-refractivity contribution in [3.05, 3.63) is 71.0 Å². The van der Waals surface area contributed by atoms with Crippen LogP contribution in [0.15, 0.2) is 48.5 Å². The summed E-state index contributed by atoms with van der Waals surface area (Å²) < 4.78 is 53.2. The second kappa shape index (κ2) is 5.90. The zero-order valence-electron chi connectivity index (χ0n) is 14.1. The fraction of sp³-hybridized carbons (Fsp3) is 0.300. The largest absolute Gasteiger partial charge is 0.416 e. The standard InChI is InChI=1S/C20H15F4NO2/c21-13-6-7-14(15(8-13)20(22,23)24)16-9-19(16)10-17(26)25(18(19)27)11-12-4-2-1-3-5-12/h1-8,16H,9-11H2/t16-,19+/m1/s1. The third kappa shape index (κ3) is 2.91. The molecule has 1 aliphatic heterocycles. The van der Waals surface area contributed by atoms with E-state index in [4.69, 9.17) is 0 Å². The number of alkyl halides is 3. The minimum absolute atomic E-state index is 0.0997. The average molecular weight is 377 g/mol. The van der Waals surface area contributed by atoms with Crippen LogP contribution in [-0.2, 0) is 22.3 Å². The van der Waals surface area contributed by atoms with Crippen molar-refractivity contribution < 1.29 is 27.2 Å². The number of carbonyl (C=O) groups is 2. The summed E-state index contributed by atoms with van der Waals surface area (Å²) in [5.74, 6) is -2.55. The number of benzene rings is 2. The zero-order chi connectivity index (χ0) is 19.4. The zero-order valence-corrected chi connectivity index (χ0v) is 14.1. The lowest BCUT2D eigenvalue weighted by molar-refractivity contribution is -0.141. The average Bonchev–Trinajstić information content (AvgIpc) is 3.28. The van der Waals surface area contributed by atoms with E-state index in [9.17, 15) is 27.2 Å². The first-order valence-electron chi connectivity index (χ1n) is 8.48. The molecule has 1 saturated heterocycles. The number of rotatable bonds is 3. The molecule has 4 rings (SSSR count). The summed E-state index contributed by atoms with van der Waals surface area (Å²) in [7, 11) is 0. The number of imide groups is 1. The molecular formula is C20H15F4NO2. The van der Waals surface area contributed by atoms with Crippen LogP contribution in [0.25, 0.3) is 0 Å². The molecule has 2 fully saturated rings. The fourth-order valence-corrected chi connectivity index (χ4v) is 3.97. The van der Waals surface area contributed by atoms with Gasteiger partial charge in [0.15, 0.2) is 0 Å². The van der Waals surface area contributed by atoms with Gasteiger partial charge < -0.3 is 0 Å². The summed E-state index contributed by atoms with van der Waals surface area (Å²) in [4.78, 5) is 26.4. The van der Waals surface area contributed by atoms with Crippen LogP contribution in [-0.4, -0.2) is 16.7 Å². The molecule has 7 heteroatoms. The number of likely N-dealkylation sites (tertiary alicyclic amines) is 1. The van der Waals surface area contributed by atoms with Gasteiger partial charge in [0.2, 0.25) is 11.8 Å². The summed E-state index contributed by atoms with van der Waals surface area (Å²) in [5, 5.41) is 0. The second-order valence-corrected chi connectivity index (χ2v) is 7.09. The smallest absolute Gasteiger partial charge is 0.278 e. The van der Waals surface area contributed by atoms with Crippen LogP contribution in [0.2, 0.25) is 0 Å². The molecule has 1 saturated carbocycles. The predicted molar refractivity (Wildman–Crippen MR) is 87.8 cm³/mol. The van der Waals surface area contributed by atoms with E-state index in [1.165, 1.54) is 0 Å². The van der Waals surface area contributed by atoms with Crippen LogP contribution in [0.4, 0.5) is 17.6 Å². The summed E-state index contributed by atoms with van der Waals surface area (Å²) in [6.45, 7) is 0.0997. The Bertz CT molecular complexity index is 925. The predicted octanol–water partition coefficient (Wildman–Crippen LogP) is 4.28. The molecule has 0 radical (unpaired) electrons. The van der Waals surface area contributed by atoms with Crippen LogP contribution >= 0.6 is 0 Å². The second-order valence-electron chi connectivity index (χ2n) is 7.09. The fourth-order valence-electron chi connectivity index (χ4n) is 3.97. The molecule has 3 nitrogen and oxygen atoms in total. The van der Waals surface area contributed by atoms with Crippen LogP contribution in [0.5, 0.6) is 0 Å². The minimum atomic E-state index is -4.73. The third-order valence-electron chi connectivity index (χ3n) is 5.39. The highest BCUT2D eigenvalue weighted by Crippen LogP contribution is 2.66. The molecule has 27 heavy (non-hydrogen) atoms. The molecule has 140 valence electrons. The van der Waals surface area contributed by atoms with Crippen molar-refractivity contribution >= 4 is 11.8 Å². The van der Waals surface area contributed by atoms with Crippen molar-refractivity contribution in [1.82, 2.24) is 4.90 Å². The quantitative estimate of drug-likeness (QED) is 0.592. The van der Waals surface area contributed by atoms with E-state index >= 15 is 0 Å². The Hall–Kier alpha value is -2.70. The Balaban J connectivity index is 1.63. The Morgan fingerprint density at radius 1 is 1.07 bits per heavy atom. The highest BCUT2D eigenvalue weighted by atomic mass is 19.4. The first-order valence-corrected chi connectivity index (χ1v) is 8.48. The van der Waals surface area contributed by atoms with E-state index in [-0.39, 0.29) is 30.9 Å².